The number of nitrogens with zero attached hydrogens (tertiary/aromatic N) is 4. The van der Waals surface area contributed by atoms with Crippen LogP contribution in [0.3, 0.4) is 0 Å². The van der Waals surface area contributed by atoms with Gasteiger partial charge in [0.15, 0.2) is 5.69 Å². The number of hydrogen-bond acceptors (Lipinski definition) is 9. The Labute approximate surface area is 160 Å². The van der Waals surface area contributed by atoms with Crippen molar-refractivity contribution in [3.05, 3.63) is 41.7 Å². The Morgan fingerprint density at radius 3 is 2.89 bits per heavy atom. The maximum Gasteiger partial charge on any atom is 0.298 e. The summed E-state index contributed by atoms with van der Waals surface area (Å²) in [7, 11) is -2.25. The number of para-hydroxylation sites is 2. The van der Waals surface area contributed by atoms with Crippen molar-refractivity contribution in [3.8, 4) is 5.75 Å². The molecule has 1 aromatic heterocycles. The molecule has 0 radical (unpaired) electrons. The molecule has 2 aromatic rings. The van der Waals surface area contributed by atoms with Crippen molar-refractivity contribution in [3.63, 3.8) is 0 Å². The molecule has 0 saturated heterocycles. The molecular weight excluding hydrogens is 390 g/mol. The largest absolute Gasteiger partial charge is 0.495 e. The third-order valence-corrected chi connectivity index (χ3v) is 4.90. The summed E-state index contributed by atoms with van der Waals surface area (Å²) in [6.07, 6.45) is 1.98. The molecule has 0 saturated carbocycles. The highest BCUT2D eigenvalue weighted by Gasteiger charge is 2.22. The minimum Gasteiger partial charge on any atom is -0.495 e. The number of oxime groups is 1. The van der Waals surface area contributed by atoms with Crippen molar-refractivity contribution >= 4 is 27.6 Å². The lowest BCUT2D eigenvalue weighted by atomic mass is 10.2. The Kier molecular flexibility index (Phi) is 5.65. The molecular formula is C15H19N7O5S. The van der Waals surface area contributed by atoms with Crippen molar-refractivity contribution < 1.29 is 23.0 Å². The van der Waals surface area contributed by atoms with Crippen LogP contribution in [0.2, 0.25) is 0 Å². The minimum absolute atomic E-state index is 0.0141. The average Bonchev–Trinajstić information content (AvgIpc) is 3.33. The van der Waals surface area contributed by atoms with Crippen molar-refractivity contribution in [1.29, 1.82) is 0 Å². The maximum absolute atomic E-state index is 11.4. The number of rotatable bonds is 7. The molecule has 12 nitrogen and oxygen atoms in total. The first-order valence-corrected chi connectivity index (χ1v) is 9.60. The van der Waals surface area contributed by atoms with Crippen molar-refractivity contribution in [2.24, 2.45) is 10.3 Å². The van der Waals surface area contributed by atoms with Crippen LogP contribution in [0, 0.1) is 0 Å². The van der Waals surface area contributed by atoms with Gasteiger partial charge in [0, 0.05) is 19.3 Å². The van der Waals surface area contributed by atoms with Crippen LogP contribution in [0.4, 0.5) is 11.5 Å². The van der Waals surface area contributed by atoms with Gasteiger partial charge in [-0.15, -0.1) is 0 Å². The second-order valence-corrected chi connectivity index (χ2v) is 7.28. The second-order valence-electron chi connectivity index (χ2n) is 5.78. The van der Waals surface area contributed by atoms with Gasteiger partial charge < -0.3 is 20.6 Å². The van der Waals surface area contributed by atoms with Gasteiger partial charge in [-0.1, -0.05) is 17.3 Å². The first-order valence-electron chi connectivity index (χ1n) is 8.10. The predicted octanol–water partition coefficient (Wildman–Crippen LogP) is 0.531. The number of methoxy groups -OCH3 is 1. The zero-order valence-corrected chi connectivity index (χ0v) is 15.7. The first-order chi connectivity index (χ1) is 13.4. The molecule has 0 aliphatic carbocycles. The summed E-state index contributed by atoms with van der Waals surface area (Å²) in [6, 6.07) is 7.05. The van der Waals surface area contributed by atoms with E-state index in [-0.39, 0.29) is 30.4 Å². The van der Waals surface area contributed by atoms with Crippen LogP contribution >= 0.6 is 0 Å². The summed E-state index contributed by atoms with van der Waals surface area (Å²) >= 11 is 0. The predicted molar refractivity (Wildman–Crippen MR) is 100 cm³/mol. The summed E-state index contributed by atoms with van der Waals surface area (Å²) in [5.74, 6) is 0.735. The van der Waals surface area contributed by atoms with E-state index < -0.39 is 10.2 Å². The number of amidine groups is 1. The molecule has 28 heavy (non-hydrogen) atoms. The topological polar surface area (TPSA) is 168 Å². The molecule has 5 N–H and O–H groups in total. The highest BCUT2D eigenvalue weighted by atomic mass is 32.2. The van der Waals surface area contributed by atoms with E-state index in [4.69, 9.17) is 14.5 Å². The fourth-order valence-electron chi connectivity index (χ4n) is 2.59. The summed E-state index contributed by atoms with van der Waals surface area (Å²) in [5.41, 5.74) is 1.48. The molecule has 0 amide bonds. The number of nitrogens with two attached hydrogens (primary N) is 1. The highest BCUT2D eigenvalue weighted by molar-refractivity contribution is 7.86. The molecule has 3 rings (SSSR count). The quantitative estimate of drug-likeness (QED) is 0.220. The number of anilines is 2. The van der Waals surface area contributed by atoms with Gasteiger partial charge >= 0.3 is 0 Å². The Balaban J connectivity index is 1.72. The summed E-state index contributed by atoms with van der Waals surface area (Å²) in [6.45, 7) is 0.555. The van der Waals surface area contributed by atoms with Gasteiger partial charge in [-0.2, -0.15) is 8.42 Å². The monoisotopic (exact) mass is 409 g/mol. The average molecular weight is 409 g/mol. The lowest BCUT2D eigenvalue weighted by Gasteiger charge is -2.11. The van der Waals surface area contributed by atoms with Gasteiger partial charge in [0.05, 0.1) is 12.8 Å². The summed E-state index contributed by atoms with van der Waals surface area (Å²) in [4.78, 5) is 0. The van der Waals surface area contributed by atoms with E-state index >= 15 is 0 Å². The molecule has 0 atom stereocenters. The lowest BCUT2D eigenvalue weighted by Crippen LogP contribution is -2.30. The zero-order valence-electron chi connectivity index (χ0n) is 14.9. The molecule has 0 unspecified atom stereocenters. The number of ether oxygens (including phenoxy) is 1. The van der Waals surface area contributed by atoms with Crippen molar-refractivity contribution in [1.82, 2.24) is 14.6 Å². The molecule has 0 bridgehead atoms. The van der Waals surface area contributed by atoms with E-state index in [2.05, 4.69) is 26.1 Å². The Hall–Kier alpha value is -3.32. The van der Waals surface area contributed by atoms with Crippen LogP contribution in [-0.2, 0) is 10.2 Å². The molecule has 1 aliphatic rings. The number of hydrogen-bond donors (Lipinski definition) is 4. The second kappa shape index (κ2) is 8.14. The smallest absolute Gasteiger partial charge is 0.298 e. The molecule has 1 aromatic carbocycles. The standard InChI is InChI=1S/C15H19N7O5S/c1-26-12-5-3-2-4-11(12)18-15(19-23)13-14(21-27-20-13)17-8-10-6-7-22(9-10)28(16,24)25/h2-5,9,23H,6-8H2,1H3,(H,17,21)(H,18,19)(H2,16,24,25). The highest BCUT2D eigenvalue weighted by Crippen LogP contribution is 2.25. The van der Waals surface area contributed by atoms with E-state index in [1.807, 2.05) is 0 Å². The van der Waals surface area contributed by atoms with Crippen LogP contribution in [0.25, 0.3) is 0 Å². The third kappa shape index (κ3) is 4.32. The Morgan fingerprint density at radius 1 is 1.43 bits per heavy atom. The van der Waals surface area contributed by atoms with Crippen LogP contribution in [0.5, 0.6) is 5.75 Å². The van der Waals surface area contributed by atoms with Gasteiger partial charge in [0.25, 0.3) is 10.2 Å². The van der Waals surface area contributed by atoms with Crippen LogP contribution in [-0.4, -0.2) is 54.3 Å². The van der Waals surface area contributed by atoms with Crippen molar-refractivity contribution in [2.45, 2.75) is 6.42 Å². The van der Waals surface area contributed by atoms with Gasteiger partial charge in [-0.25, -0.2) is 9.77 Å². The van der Waals surface area contributed by atoms with Gasteiger partial charge in [0.1, 0.15) is 5.75 Å². The molecule has 0 spiro atoms. The van der Waals surface area contributed by atoms with Crippen molar-refractivity contribution in [2.75, 3.05) is 30.8 Å². The van der Waals surface area contributed by atoms with E-state index in [1.165, 1.54) is 13.3 Å². The van der Waals surface area contributed by atoms with Crippen LogP contribution in [0.1, 0.15) is 12.1 Å². The normalized spacial score (nSPS) is 14.7. The first kappa shape index (κ1) is 19.4. The van der Waals surface area contributed by atoms with Gasteiger partial charge in [-0.05, 0) is 34.4 Å². The van der Waals surface area contributed by atoms with Crippen LogP contribution < -0.4 is 20.5 Å². The SMILES string of the molecule is COc1ccccc1N/C(=N\O)c1nonc1NCC1=CN(S(N)(=O)=O)CC1. The van der Waals surface area contributed by atoms with E-state index in [1.54, 1.807) is 24.3 Å². The minimum atomic E-state index is -3.77. The summed E-state index contributed by atoms with van der Waals surface area (Å²) in [5, 5.41) is 31.1. The number of nitrogens with one attached hydrogen (secondary N) is 2. The van der Waals surface area contributed by atoms with Crippen LogP contribution in [0.15, 0.2) is 45.8 Å². The molecule has 150 valence electrons. The third-order valence-electron chi connectivity index (χ3n) is 3.96. The zero-order chi connectivity index (χ0) is 20.1. The molecule has 0 fully saturated rings. The maximum atomic E-state index is 11.4. The van der Waals surface area contributed by atoms with Gasteiger partial charge in [0.2, 0.25) is 11.7 Å². The molecule has 13 heteroatoms. The fraction of sp³-hybridized carbons (Fsp3) is 0.267. The van der Waals surface area contributed by atoms with E-state index in [0.29, 0.717) is 17.9 Å². The Morgan fingerprint density at radius 2 is 2.21 bits per heavy atom. The molecule has 2 heterocycles. The van der Waals surface area contributed by atoms with E-state index in [0.717, 1.165) is 9.88 Å². The number of benzene rings is 1. The fourth-order valence-corrected chi connectivity index (χ4v) is 3.23. The lowest BCUT2D eigenvalue weighted by molar-refractivity contribution is 0.305. The van der Waals surface area contributed by atoms with E-state index in [9.17, 15) is 13.6 Å². The van der Waals surface area contributed by atoms with Gasteiger partial charge in [-0.3, -0.25) is 4.31 Å². The summed E-state index contributed by atoms with van der Waals surface area (Å²) < 4.78 is 33.8. The Bertz CT molecular complexity index is 1000. The molecule has 1 aliphatic heterocycles. The number of aromatic nitrogens is 2.